The average molecular weight is 299 g/mol. The largest absolute Gasteiger partial charge is 0.493 e. The minimum absolute atomic E-state index is 0.142. The number of nitrogens with zero attached hydrogens (tertiary/aromatic N) is 1. The molecule has 0 N–H and O–H groups in total. The molecule has 0 aliphatic carbocycles. The number of benzene rings is 1. The van der Waals surface area contributed by atoms with Crippen LogP contribution in [-0.4, -0.2) is 26.1 Å². The van der Waals surface area contributed by atoms with Crippen LogP contribution in [0.4, 0.5) is 0 Å². The van der Waals surface area contributed by atoms with E-state index in [1.54, 1.807) is 43.5 Å². The first-order valence-corrected chi connectivity index (χ1v) is 6.50. The molecule has 6 heteroatoms. The highest BCUT2D eigenvalue weighted by molar-refractivity contribution is 6.12. The van der Waals surface area contributed by atoms with Gasteiger partial charge in [-0.1, -0.05) is 12.1 Å². The van der Waals surface area contributed by atoms with Crippen LogP contribution in [0.1, 0.15) is 11.3 Å². The van der Waals surface area contributed by atoms with Crippen LogP contribution >= 0.6 is 0 Å². The van der Waals surface area contributed by atoms with E-state index in [0.29, 0.717) is 22.8 Å². The molecule has 0 spiro atoms. The third kappa shape index (κ3) is 2.46. The lowest BCUT2D eigenvalue weighted by molar-refractivity contribution is -0.130. The summed E-state index contributed by atoms with van der Waals surface area (Å²) in [7, 11) is 3.08. The number of rotatable bonds is 4. The Morgan fingerprint density at radius 3 is 2.68 bits per heavy atom. The van der Waals surface area contributed by atoms with Crippen molar-refractivity contribution in [1.29, 1.82) is 0 Å². The molecule has 0 saturated heterocycles. The van der Waals surface area contributed by atoms with Gasteiger partial charge in [-0.15, -0.1) is 0 Å². The molecule has 112 valence electrons. The third-order valence-electron chi connectivity index (χ3n) is 3.08. The molecule has 0 saturated carbocycles. The summed E-state index contributed by atoms with van der Waals surface area (Å²) in [4.78, 5) is 16.1. The van der Waals surface area contributed by atoms with Crippen molar-refractivity contribution in [3.05, 3.63) is 53.6 Å². The van der Waals surface area contributed by atoms with E-state index in [2.05, 4.69) is 4.99 Å². The highest BCUT2D eigenvalue weighted by atomic mass is 16.6. The lowest BCUT2D eigenvalue weighted by Crippen LogP contribution is -2.04. The predicted molar refractivity (Wildman–Crippen MR) is 78.9 cm³/mol. The Bertz CT molecular complexity index is 759. The van der Waals surface area contributed by atoms with E-state index >= 15 is 0 Å². The Kier molecular flexibility index (Phi) is 3.65. The summed E-state index contributed by atoms with van der Waals surface area (Å²) in [5, 5.41) is 0. The summed E-state index contributed by atoms with van der Waals surface area (Å²) in [6.07, 6.45) is 3.07. The van der Waals surface area contributed by atoms with Gasteiger partial charge < -0.3 is 18.6 Å². The van der Waals surface area contributed by atoms with Gasteiger partial charge in [0, 0.05) is 5.56 Å². The summed E-state index contributed by atoms with van der Waals surface area (Å²) in [6.45, 7) is 0. The Morgan fingerprint density at radius 1 is 1.14 bits per heavy atom. The first-order chi connectivity index (χ1) is 10.7. The molecule has 0 bridgehead atoms. The number of ether oxygens (including phenoxy) is 3. The molecule has 0 fully saturated rings. The second kappa shape index (κ2) is 5.77. The van der Waals surface area contributed by atoms with Gasteiger partial charge in [-0.05, 0) is 24.3 Å². The lowest BCUT2D eigenvalue weighted by atomic mass is 10.1. The summed E-state index contributed by atoms with van der Waals surface area (Å²) in [5.74, 6) is 1.08. The number of carbonyl (C=O) groups is 1. The molecule has 2 heterocycles. The molecule has 0 amide bonds. The molecule has 3 rings (SSSR count). The Balaban J connectivity index is 2.00. The van der Waals surface area contributed by atoms with Crippen molar-refractivity contribution < 1.29 is 23.4 Å². The van der Waals surface area contributed by atoms with Crippen LogP contribution in [-0.2, 0) is 9.53 Å². The third-order valence-corrected chi connectivity index (χ3v) is 3.08. The summed E-state index contributed by atoms with van der Waals surface area (Å²) in [6, 6.07) is 8.72. The fourth-order valence-electron chi connectivity index (χ4n) is 2.09. The van der Waals surface area contributed by atoms with Gasteiger partial charge in [0.1, 0.15) is 0 Å². The maximum absolute atomic E-state index is 11.9. The fourth-order valence-corrected chi connectivity index (χ4v) is 2.09. The topological polar surface area (TPSA) is 70.3 Å². The summed E-state index contributed by atoms with van der Waals surface area (Å²) < 4.78 is 20.8. The van der Waals surface area contributed by atoms with Crippen molar-refractivity contribution in [1.82, 2.24) is 0 Å². The van der Waals surface area contributed by atoms with E-state index in [4.69, 9.17) is 18.6 Å². The summed E-state index contributed by atoms with van der Waals surface area (Å²) >= 11 is 0. The van der Waals surface area contributed by atoms with Crippen LogP contribution in [0.2, 0.25) is 0 Å². The van der Waals surface area contributed by atoms with Gasteiger partial charge in [-0.3, -0.25) is 0 Å². The normalized spacial score (nSPS) is 15.6. The lowest BCUT2D eigenvalue weighted by Gasteiger charge is -2.09. The summed E-state index contributed by atoms with van der Waals surface area (Å²) in [5.41, 5.74) is 0.830. The maximum Gasteiger partial charge on any atom is 0.363 e. The number of methoxy groups -OCH3 is 2. The molecular formula is C16H13NO5. The molecule has 2 aromatic rings. The van der Waals surface area contributed by atoms with E-state index in [-0.39, 0.29) is 11.6 Å². The highest BCUT2D eigenvalue weighted by Gasteiger charge is 2.26. The van der Waals surface area contributed by atoms with E-state index < -0.39 is 5.97 Å². The van der Waals surface area contributed by atoms with Gasteiger partial charge in [0.25, 0.3) is 5.90 Å². The molecule has 0 radical (unpaired) electrons. The van der Waals surface area contributed by atoms with Crippen molar-refractivity contribution in [3.8, 4) is 11.5 Å². The standard InChI is InChI=1S/C16H13NO5/c1-19-12-6-3-5-10(14(12)20-2)9-11-16(18)22-15(17-11)13-7-4-8-21-13/h3-9H,1-2H3/b11-9-. The number of para-hydroxylation sites is 1. The number of aliphatic imine (C=N–C) groups is 1. The van der Waals surface area contributed by atoms with Crippen molar-refractivity contribution in [2.45, 2.75) is 0 Å². The smallest absolute Gasteiger partial charge is 0.363 e. The van der Waals surface area contributed by atoms with Gasteiger partial charge >= 0.3 is 5.97 Å². The number of esters is 1. The molecule has 1 aliphatic rings. The van der Waals surface area contributed by atoms with Crippen LogP contribution < -0.4 is 9.47 Å². The zero-order chi connectivity index (χ0) is 15.5. The van der Waals surface area contributed by atoms with Crippen molar-refractivity contribution in [2.75, 3.05) is 14.2 Å². The minimum atomic E-state index is -0.545. The zero-order valence-electron chi connectivity index (χ0n) is 12.0. The quantitative estimate of drug-likeness (QED) is 0.641. The van der Waals surface area contributed by atoms with Gasteiger partial charge in [0.2, 0.25) is 0 Å². The van der Waals surface area contributed by atoms with Crippen molar-refractivity contribution in [3.63, 3.8) is 0 Å². The monoisotopic (exact) mass is 299 g/mol. The Hall–Kier alpha value is -3.02. The van der Waals surface area contributed by atoms with Crippen LogP contribution in [0.3, 0.4) is 0 Å². The number of furan rings is 1. The maximum atomic E-state index is 11.9. The number of hydrogen-bond acceptors (Lipinski definition) is 6. The number of hydrogen-bond donors (Lipinski definition) is 0. The SMILES string of the molecule is COc1cccc(/C=C2\N=C(c3ccco3)OC2=O)c1OC. The van der Waals surface area contributed by atoms with Gasteiger partial charge in [0.05, 0.1) is 20.5 Å². The molecule has 1 aromatic heterocycles. The minimum Gasteiger partial charge on any atom is -0.493 e. The Labute approximate surface area is 126 Å². The van der Waals surface area contributed by atoms with Crippen LogP contribution in [0.5, 0.6) is 11.5 Å². The van der Waals surface area contributed by atoms with E-state index in [0.717, 1.165) is 0 Å². The molecular weight excluding hydrogens is 286 g/mol. The molecule has 1 aromatic carbocycles. The van der Waals surface area contributed by atoms with Gasteiger partial charge in [-0.2, -0.15) is 0 Å². The van der Waals surface area contributed by atoms with Crippen LogP contribution in [0.25, 0.3) is 6.08 Å². The predicted octanol–water partition coefficient (Wildman–Crippen LogP) is 2.64. The zero-order valence-corrected chi connectivity index (χ0v) is 12.0. The van der Waals surface area contributed by atoms with Gasteiger partial charge in [-0.25, -0.2) is 9.79 Å². The molecule has 6 nitrogen and oxygen atoms in total. The van der Waals surface area contributed by atoms with E-state index in [1.807, 2.05) is 0 Å². The first kappa shape index (κ1) is 13.9. The first-order valence-electron chi connectivity index (χ1n) is 6.50. The fraction of sp³-hybridized carbons (Fsp3) is 0.125. The highest BCUT2D eigenvalue weighted by Crippen LogP contribution is 2.33. The molecule has 0 atom stereocenters. The average Bonchev–Trinajstić information content (AvgIpc) is 3.17. The van der Waals surface area contributed by atoms with Crippen molar-refractivity contribution >= 4 is 17.9 Å². The molecule has 0 unspecified atom stereocenters. The van der Waals surface area contributed by atoms with Gasteiger partial charge in [0.15, 0.2) is 23.0 Å². The van der Waals surface area contributed by atoms with E-state index in [1.165, 1.54) is 13.4 Å². The second-order valence-electron chi connectivity index (χ2n) is 4.40. The van der Waals surface area contributed by atoms with E-state index in [9.17, 15) is 4.79 Å². The molecule has 22 heavy (non-hydrogen) atoms. The Morgan fingerprint density at radius 2 is 2.00 bits per heavy atom. The van der Waals surface area contributed by atoms with Crippen LogP contribution in [0.15, 0.2) is 51.7 Å². The number of carbonyl (C=O) groups excluding carboxylic acids is 1. The molecule has 1 aliphatic heterocycles. The van der Waals surface area contributed by atoms with Crippen LogP contribution in [0, 0.1) is 0 Å². The van der Waals surface area contributed by atoms with Crippen molar-refractivity contribution in [2.24, 2.45) is 4.99 Å². The second-order valence-corrected chi connectivity index (χ2v) is 4.40. The number of cyclic esters (lactones) is 1.